The molecule has 0 aliphatic heterocycles. The summed E-state index contributed by atoms with van der Waals surface area (Å²) in [4.78, 5) is 8.29. The largest absolute Gasteiger partial charge is 0.416 e. The van der Waals surface area contributed by atoms with Crippen LogP contribution in [0.2, 0.25) is 5.15 Å². The molecule has 4 aromatic rings. The highest BCUT2D eigenvalue weighted by molar-refractivity contribution is 6.29. The predicted molar refractivity (Wildman–Crippen MR) is 99.0 cm³/mol. The number of aryl methyl sites for hydroxylation is 1. The van der Waals surface area contributed by atoms with Gasteiger partial charge in [0, 0.05) is 17.5 Å². The third-order valence-corrected chi connectivity index (χ3v) is 4.44. The summed E-state index contributed by atoms with van der Waals surface area (Å²) in [5.41, 5.74) is 1.93. The third-order valence-electron chi connectivity index (χ3n) is 4.22. The van der Waals surface area contributed by atoms with Crippen LogP contribution in [0.25, 0.3) is 23.0 Å². The molecule has 0 radical (unpaired) electrons. The fourth-order valence-corrected chi connectivity index (χ4v) is 2.81. The van der Waals surface area contributed by atoms with E-state index >= 15 is 0 Å². The summed E-state index contributed by atoms with van der Waals surface area (Å²) < 4.78 is 45.1. The number of benzene rings is 1. The molecule has 0 aliphatic carbocycles. The highest BCUT2D eigenvalue weighted by Gasteiger charge is 2.30. The van der Waals surface area contributed by atoms with Crippen molar-refractivity contribution >= 4 is 11.6 Å². The van der Waals surface area contributed by atoms with E-state index in [9.17, 15) is 13.2 Å². The Morgan fingerprint density at radius 1 is 1.10 bits per heavy atom. The van der Waals surface area contributed by atoms with Gasteiger partial charge in [-0.2, -0.15) is 23.3 Å². The molecule has 1 aromatic carbocycles. The fourth-order valence-electron chi connectivity index (χ4n) is 2.70. The Morgan fingerprint density at radius 2 is 1.86 bits per heavy atom. The van der Waals surface area contributed by atoms with Crippen LogP contribution in [0.15, 0.2) is 53.2 Å². The second-order valence-electron chi connectivity index (χ2n) is 6.32. The summed E-state index contributed by atoms with van der Waals surface area (Å²) in [7, 11) is 0. The van der Waals surface area contributed by atoms with Gasteiger partial charge in [0.25, 0.3) is 5.89 Å². The molecule has 0 bridgehead atoms. The van der Waals surface area contributed by atoms with Gasteiger partial charge in [-0.05, 0) is 36.8 Å². The van der Waals surface area contributed by atoms with Crippen molar-refractivity contribution in [1.29, 1.82) is 0 Å². The van der Waals surface area contributed by atoms with E-state index in [-0.39, 0.29) is 11.7 Å². The number of pyridine rings is 1. The van der Waals surface area contributed by atoms with E-state index in [0.717, 1.165) is 23.4 Å². The average molecular weight is 420 g/mol. The van der Waals surface area contributed by atoms with E-state index in [1.807, 2.05) is 13.0 Å². The lowest BCUT2D eigenvalue weighted by Gasteiger charge is -2.05. The Bertz CT molecular complexity index is 1130. The lowest BCUT2D eigenvalue weighted by molar-refractivity contribution is -0.137. The molecule has 0 aliphatic rings. The number of aromatic nitrogens is 5. The average Bonchev–Trinajstić information content (AvgIpc) is 3.30. The highest BCUT2D eigenvalue weighted by Crippen LogP contribution is 2.31. The molecule has 29 heavy (non-hydrogen) atoms. The Kier molecular flexibility index (Phi) is 4.83. The first-order valence-electron chi connectivity index (χ1n) is 8.46. The van der Waals surface area contributed by atoms with Gasteiger partial charge >= 0.3 is 6.18 Å². The van der Waals surface area contributed by atoms with Crippen LogP contribution in [0.1, 0.15) is 16.8 Å². The van der Waals surface area contributed by atoms with Crippen molar-refractivity contribution in [2.45, 2.75) is 19.6 Å². The van der Waals surface area contributed by atoms with Crippen LogP contribution < -0.4 is 0 Å². The number of hydrogen-bond donors (Lipinski definition) is 0. The van der Waals surface area contributed by atoms with Gasteiger partial charge in [-0.1, -0.05) is 35.0 Å². The molecule has 0 spiro atoms. The van der Waals surface area contributed by atoms with Crippen LogP contribution in [-0.4, -0.2) is 24.9 Å². The van der Waals surface area contributed by atoms with Crippen molar-refractivity contribution < 1.29 is 17.7 Å². The van der Waals surface area contributed by atoms with Crippen molar-refractivity contribution in [2.75, 3.05) is 0 Å². The number of nitrogens with zero attached hydrogens (tertiary/aromatic N) is 5. The lowest BCUT2D eigenvalue weighted by atomic mass is 10.1. The van der Waals surface area contributed by atoms with E-state index in [4.69, 9.17) is 16.1 Å². The molecule has 0 N–H and O–H groups in total. The zero-order valence-electron chi connectivity index (χ0n) is 15.0. The van der Waals surface area contributed by atoms with Crippen LogP contribution >= 0.6 is 11.6 Å². The van der Waals surface area contributed by atoms with Crippen LogP contribution in [0.4, 0.5) is 13.2 Å². The van der Waals surface area contributed by atoms with Crippen molar-refractivity contribution in [2.24, 2.45) is 0 Å². The summed E-state index contributed by atoms with van der Waals surface area (Å²) in [6.07, 6.45) is -2.73. The zero-order chi connectivity index (χ0) is 20.6. The van der Waals surface area contributed by atoms with Crippen molar-refractivity contribution in [3.05, 3.63) is 70.6 Å². The molecule has 148 valence electrons. The Morgan fingerprint density at radius 3 is 2.52 bits per heavy atom. The molecule has 0 saturated carbocycles. The minimum absolute atomic E-state index is 0.177. The Labute approximate surface area is 168 Å². The van der Waals surface area contributed by atoms with Gasteiger partial charge in [-0.25, -0.2) is 4.98 Å². The van der Waals surface area contributed by atoms with E-state index in [1.165, 1.54) is 12.1 Å². The van der Waals surface area contributed by atoms with Gasteiger partial charge in [-0.15, -0.1) is 0 Å². The fraction of sp³-hybridized carbons (Fsp3) is 0.158. The van der Waals surface area contributed by atoms with Gasteiger partial charge in [0.05, 0.1) is 12.1 Å². The van der Waals surface area contributed by atoms with E-state index in [1.54, 1.807) is 23.0 Å². The number of rotatable bonds is 4. The van der Waals surface area contributed by atoms with Crippen LogP contribution in [-0.2, 0) is 12.7 Å². The van der Waals surface area contributed by atoms with Gasteiger partial charge in [-0.3, -0.25) is 4.68 Å². The first-order chi connectivity index (χ1) is 13.8. The summed E-state index contributed by atoms with van der Waals surface area (Å²) in [6, 6.07) is 9.89. The maximum absolute atomic E-state index is 12.7. The van der Waals surface area contributed by atoms with Crippen LogP contribution in [0.5, 0.6) is 0 Å². The maximum Gasteiger partial charge on any atom is 0.416 e. The van der Waals surface area contributed by atoms with Crippen molar-refractivity contribution in [3.63, 3.8) is 0 Å². The van der Waals surface area contributed by atoms with Crippen molar-refractivity contribution in [1.82, 2.24) is 24.9 Å². The second kappa shape index (κ2) is 7.32. The van der Waals surface area contributed by atoms with Gasteiger partial charge < -0.3 is 4.52 Å². The van der Waals surface area contributed by atoms with Crippen LogP contribution in [0, 0.1) is 6.92 Å². The molecule has 0 amide bonds. The van der Waals surface area contributed by atoms with E-state index in [0.29, 0.717) is 23.0 Å². The highest BCUT2D eigenvalue weighted by atomic mass is 35.5. The molecule has 3 heterocycles. The first-order valence-corrected chi connectivity index (χ1v) is 8.84. The van der Waals surface area contributed by atoms with Crippen LogP contribution in [0.3, 0.4) is 0 Å². The summed E-state index contributed by atoms with van der Waals surface area (Å²) >= 11 is 5.80. The minimum Gasteiger partial charge on any atom is -0.332 e. The standard InChI is InChI=1S/C19H13ClF3N5O/c1-11-8-15(26-28(11)10-12-2-7-16(20)24-9-12)18-25-17(27-29-18)13-3-5-14(6-4-13)19(21,22)23/h2-9H,10H2,1H3. The normalized spacial score (nSPS) is 11.8. The predicted octanol–water partition coefficient (Wildman–Crippen LogP) is 5.02. The third kappa shape index (κ3) is 4.14. The lowest BCUT2D eigenvalue weighted by Crippen LogP contribution is -2.04. The van der Waals surface area contributed by atoms with Gasteiger partial charge in [0.1, 0.15) is 5.15 Å². The smallest absolute Gasteiger partial charge is 0.332 e. The second-order valence-corrected chi connectivity index (χ2v) is 6.70. The topological polar surface area (TPSA) is 69.6 Å². The van der Waals surface area contributed by atoms with Crippen molar-refractivity contribution in [3.8, 4) is 23.0 Å². The SMILES string of the molecule is Cc1cc(-c2nc(-c3ccc(C(F)(F)F)cc3)no2)nn1Cc1ccc(Cl)nc1. The number of hydrogen-bond acceptors (Lipinski definition) is 5. The van der Waals surface area contributed by atoms with E-state index < -0.39 is 11.7 Å². The molecule has 6 nitrogen and oxygen atoms in total. The molecule has 10 heteroatoms. The summed E-state index contributed by atoms with van der Waals surface area (Å²) in [5, 5.41) is 8.72. The molecular weight excluding hydrogens is 407 g/mol. The van der Waals surface area contributed by atoms with Gasteiger partial charge in [0.2, 0.25) is 5.82 Å². The van der Waals surface area contributed by atoms with E-state index in [2.05, 4.69) is 20.2 Å². The Hall–Kier alpha value is -3.20. The van der Waals surface area contributed by atoms with Gasteiger partial charge in [0.15, 0.2) is 5.69 Å². The summed E-state index contributed by atoms with van der Waals surface area (Å²) in [6.45, 7) is 2.36. The molecule has 0 saturated heterocycles. The molecule has 4 rings (SSSR count). The quantitative estimate of drug-likeness (QED) is 0.434. The maximum atomic E-state index is 12.7. The molecular formula is C19H13ClF3N5O. The summed E-state index contributed by atoms with van der Waals surface area (Å²) in [5.74, 6) is 0.360. The number of halogens is 4. The zero-order valence-corrected chi connectivity index (χ0v) is 15.7. The molecule has 0 fully saturated rings. The Balaban J connectivity index is 1.56. The molecule has 3 aromatic heterocycles. The minimum atomic E-state index is -4.40. The molecule has 0 atom stereocenters. The molecule has 0 unspecified atom stereocenters. The number of alkyl halides is 3. The first kappa shape index (κ1) is 19.1. The monoisotopic (exact) mass is 419 g/mol.